The van der Waals surface area contributed by atoms with Gasteiger partial charge in [-0.2, -0.15) is 0 Å². The molecule has 0 saturated heterocycles. The molecule has 4 rings (SSSR count). The van der Waals surface area contributed by atoms with Gasteiger partial charge in [0.2, 0.25) is 0 Å². The Hall–Kier alpha value is -3.42. The van der Waals surface area contributed by atoms with Crippen molar-refractivity contribution in [2.75, 3.05) is 35.3 Å². The van der Waals surface area contributed by atoms with E-state index < -0.39 is 6.03 Å². The fraction of sp³-hybridized carbons (Fsp3) is 0.167. The number of amides is 3. The molecule has 0 unspecified atom stereocenters. The molecule has 0 aromatic heterocycles. The Kier molecular flexibility index (Phi) is 7.22. The smallest absolute Gasteiger partial charge is 0.323 e. The molecule has 0 spiro atoms. The van der Waals surface area contributed by atoms with Crippen molar-refractivity contribution in [3.63, 3.8) is 0 Å². The molecule has 1 heterocycles. The van der Waals surface area contributed by atoms with Gasteiger partial charge in [-0.1, -0.05) is 29.3 Å². The Balaban J connectivity index is 1.38. The van der Waals surface area contributed by atoms with Crippen molar-refractivity contribution < 1.29 is 19.1 Å². The van der Waals surface area contributed by atoms with Crippen molar-refractivity contribution in [3.05, 3.63) is 76.8 Å². The molecule has 0 saturated carbocycles. The van der Waals surface area contributed by atoms with Crippen LogP contribution in [0, 0.1) is 0 Å². The summed E-state index contributed by atoms with van der Waals surface area (Å²) < 4.78 is 11.3. The van der Waals surface area contributed by atoms with E-state index in [1.165, 1.54) is 0 Å². The number of anilines is 3. The van der Waals surface area contributed by atoms with Crippen LogP contribution < -0.4 is 25.0 Å². The Morgan fingerprint density at radius 3 is 2.48 bits per heavy atom. The zero-order chi connectivity index (χ0) is 23.2. The van der Waals surface area contributed by atoms with Crippen LogP contribution in [0.25, 0.3) is 0 Å². The Labute approximate surface area is 201 Å². The standard InChI is InChI=1S/C24H21Cl2N3O4/c25-16-5-8-20(9-6-16)32-12-2-11-29-21-14-19(7-10-22(21)33-15-23(29)30)28-24(31)27-18-4-1-3-17(26)13-18/h1,3-10,13-14H,2,11-12,15H2,(H2,27,28,31). The maximum atomic E-state index is 12.5. The SMILES string of the molecule is O=C(Nc1cccc(Cl)c1)Nc1ccc2c(c1)N(CCCOc1ccc(Cl)cc1)C(=O)CO2. The minimum Gasteiger partial charge on any atom is -0.494 e. The van der Waals surface area contributed by atoms with Gasteiger partial charge in [0.25, 0.3) is 5.91 Å². The van der Waals surface area contributed by atoms with E-state index in [0.29, 0.717) is 58.2 Å². The van der Waals surface area contributed by atoms with Crippen molar-refractivity contribution in [1.29, 1.82) is 0 Å². The van der Waals surface area contributed by atoms with Crippen LogP contribution in [0.2, 0.25) is 10.0 Å². The van der Waals surface area contributed by atoms with Crippen LogP contribution in [0.5, 0.6) is 11.5 Å². The zero-order valence-electron chi connectivity index (χ0n) is 17.5. The van der Waals surface area contributed by atoms with Gasteiger partial charge in [-0.15, -0.1) is 0 Å². The number of fused-ring (bicyclic) bond motifs is 1. The molecule has 0 fully saturated rings. The lowest BCUT2D eigenvalue weighted by atomic mass is 10.2. The molecule has 0 bridgehead atoms. The van der Waals surface area contributed by atoms with Crippen LogP contribution in [0.15, 0.2) is 66.7 Å². The molecule has 33 heavy (non-hydrogen) atoms. The average Bonchev–Trinajstić information content (AvgIpc) is 2.79. The molecule has 1 aliphatic heterocycles. The number of hydrogen-bond acceptors (Lipinski definition) is 4. The summed E-state index contributed by atoms with van der Waals surface area (Å²) in [6, 6.07) is 18.7. The number of benzene rings is 3. The summed E-state index contributed by atoms with van der Waals surface area (Å²) >= 11 is 11.8. The van der Waals surface area contributed by atoms with E-state index in [4.69, 9.17) is 32.7 Å². The normalized spacial score (nSPS) is 12.5. The fourth-order valence-electron chi connectivity index (χ4n) is 3.33. The Bertz CT molecular complexity index is 1150. The van der Waals surface area contributed by atoms with Crippen molar-refractivity contribution in [2.24, 2.45) is 0 Å². The van der Waals surface area contributed by atoms with E-state index in [1.54, 1.807) is 71.6 Å². The predicted octanol–water partition coefficient (Wildman–Crippen LogP) is 5.83. The van der Waals surface area contributed by atoms with Gasteiger partial charge in [0.05, 0.1) is 12.3 Å². The van der Waals surface area contributed by atoms with Crippen molar-refractivity contribution in [2.45, 2.75) is 6.42 Å². The third kappa shape index (κ3) is 6.09. The lowest BCUT2D eigenvalue weighted by Gasteiger charge is -2.30. The fourth-order valence-corrected chi connectivity index (χ4v) is 3.64. The molecule has 0 radical (unpaired) electrons. The Morgan fingerprint density at radius 1 is 0.970 bits per heavy atom. The second-order valence-corrected chi connectivity index (χ2v) is 8.13. The number of halogens is 2. The van der Waals surface area contributed by atoms with Gasteiger partial charge < -0.3 is 25.0 Å². The van der Waals surface area contributed by atoms with Crippen LogP contribution in [0.1, 0.15) is 6.42 Å². The number of carbonyl (C=O) groups is 2. The molecular weight excluding hydrogens is 465 g/mol. The van der Waals surface area contributed by atoms with Crippen molar-refractivity contribution in [1.82, 2.24) is 0 Å². The summed E-state index contributed by atoms with van der Waals surface area (Å²) in [5.41, 5.74) is 1.69. The molecule has 0 aliphatic carbocycles. The maximum absolute atomic E-state index is 12.5. The molecular formula is C24H21Cl2N3O4. The lowest BCUT2D eigenvalue weighted by molar-refractivity contribution is -0.121. The number of urea groups is 1. The number of nitrogens with one attached hydrogen (secondary N) is 2. The number of ether oxygens (including phenoxy) is 2. The minimum atomic E-state index is -0.428. The van der Waals surface area contributed by atoms with Gasteiger partial charge in [-0.3, -0.25) is 4.79 Å². The number of carbonyl (C=O) groups excluding carboxylic acids is 2. The molecule has 0 atom stereocenters. The van der Waals surface area contributed by atoms with Gasteiger partial charge in [-0.25, -0.2) is 4.79 Å². The summed E-state index contributed by atoms with van der Waals surface area (Å²) in [6.07, 6.45) is 0.612. The highest BCUT2D eigenvalue weighted by molar-refractivity contribution is 6.31. The van der Waals surface area contributed by atoms with Crippen molar-refractivity contribution in [3.8, 4) is 11.5 Å². The maximum Gasteiger partial charge on any atom is 0.323 e. The van der Waals surface area contributed by atoms with E-state index >= 15 is 0 Å². The van der Waals surface area contributed by atoms with Gasteiger partial charge in [0.1, 0.15) is 11.5 Å². The van der Waals surface area contributed by atoms with Gasteiger partial charge in [0.15, 0.2) is 6.61 Å². The van der Waals surface area contributed by atoms with Crippen LogP contribution in [-0.2, 0) is 4.79 Å². The lowest BCUT2D eigenvalue weighted by Crippen LogP contribution is -2.39. The number of nitrogens with zero attached hydrogens (tertiary/aromatic N) is 1. The highest BCUT2D eigenvalue weighted by Gasteiger charge is 2.25. The molecule has 3 amide bonds. The molecule has 170 valence electrons. The van der Waals surface area contributed by atoms with Crippen LogP contribution >= 0.6 is 23.2 Å². The predicted molar refractivity (Wildman–Crippen MR) is 130 cm³/mol. The highest BCUT2D eigenvalue weighted by atomic mass is 35.5. The summed E-state index contributed by atoms with van der Waals surface area (Å²) in [5.74, 6) is 1.13. The first-order valence-corrected chi connectivity index (χ1v) is 11.0. The minimum absolute atomic E-state index is 0.0347. The quantitative estimate of drug-likeness (QED) is 0.412. The van der Waals surface area contributed by atoms with Gasteiger partial charge in [-0.05, 0) is 67.1 Å². The summed E-state index contributed by atoms with van der Waals surface area (Å²) in [5, 5.41) is 6.65. The third-order valence-corrected chi connectivity index (χ3v) is 5.34. The number of rotatable bonds is 7. The van der Waals surface area contributed by atoms with Crippen LogP contribution in [0.4, 0.5) is 21.9 Å². The monoisotopic (exact) mass is 485 g/mol. The van der Waals surface area contributed by atoms with Crippen LogP contribution in [0.3, 0.4) is 0 Å². The second kappa shape index (κ2) is 10.5. The molecule has 3 aromatic carbocycles. The zero-order valence-corrected chi connectivity index (χ0v) is 19.0. The molecule has 3 aromatic rings. The van der Waals surface area contributed by atoms with E-state index in [-0.39, 0.29) is 12.5 Å². The summed E-state index contributed by atoms with van der Waals surface area (Å²) in [4.78, 5) is 26.5. The first-order chi connectivity index (χ1) is 16.0. The Morgan fingerprint density at radius 2 is 1.73 bits per heavy atom. The highest BCUT2D eigenvalue weighted by Crippen LogP contribution is 2.34. The molecule has 7 nitrogen and oxygen atoms in total. The topological polar surface area (TPSA) is 79.9 Å². The average molecular weight is 486 g/mol. The van der Waals surface area contributed by atoms with E-state index in [1.807, 2.05) is 0 Å². The van der Waals surface area contributed by atoms with Gasteiger partial charge in [0, 0.05) is 28.0 Å². The van der Waals surface area contributed by atoms with E-state index in [2.05, 4.69) is 10.6 Å². The summed E-state index contributed by atoms with van der Waals surface area (Å²) in [7, 11) is 0. The van der Waals surface area contributed by atoms with Crippen molar-refractivity contribution >= 4 is 52.2 Å². The van der Waals surface area contributed by atoms with Crippen LogP contribution in [-0.4, -0.2) is 31.7 Å². The molecule has 2 N–H and O–H groups in total. The second-order valence-electron chi connectivity index (χ2n) is 7.26. The van der Waals surface area contributed by atoms with Gasteiger partial charge >= 0.3 is 6.03 Å². The number of hydrogen-bond donors (Lipinski definition) is 2. The largest absolute Gasteiger partial charge is 0.494 e. The van der Waals surface area contributed by atoms with E-state index in [0.717, 1.165) is 0 Å². The van der Waals surface area contributed by atoms with E-state index in [9.17, 15) is 9.59 Å². The summed E-state index contributed by atoms with van der Waals surface area (Å²) in [6.45, 7) is 0.843. The molecule has 1 aliphatic rings. The molecule has 9 heteroatoms. The first kappa shape index (κ1) is 22.8. The third-order valence-electron chi connectivity index (χ3n) is 4.85. The first-order valence-electron chi connectivity index (χ1n) is 10.3.